The third-order valence-corrected chi connectivity index (χ3v) is 3.85. The summed E-state index contributed by atoms with van der Waals surface area (Å²) in [4.78, 5) is 0. The zero-order valence-corrected chi connectivity index (χ0v) is 14.3. The van der Waals surface area contributed by atoms with E-state index in [4.69, 9.17) is 4.74 Å². The second-order valence-corrected chi connectivity index (χ2v) is 6.06. The molecule has 5 nitrogen and oxygen atoms in total. The Labute approximate surface area is 137 Å². The summed E-state index contributed by atoms with van der Waals surface area (Å²) in [6, 6.07) is 9.94. The highest BCUT2D eigenvalue weighted by molar-refractivity contribution is 5.41. The third-order valence-electron chi connectivity index (χ3n) is 3.85. The smallest absolute Gasteiger partial charge is 0.186 e. The van der Waals surface area contributed by atoms with E-state index >= 15 is 0 Å². The molecule has 23 heavy (non-hydrogen) atoms. The minimum Gasteiger partial charge on any atom is -0.493 e. The number of ether oxygens (including phenoxy) is 1. The van der Waals surface area contributed by atoms with Crippen LogP contribution in [-0.2, 0) is 0 Å². The van der Waals surface area contributed by atoms with E-state index in [1.54, 1.807) is 4.68 Å². The fourth-order valence-corrected chi connectivity index (χ4v) is 2.55. The van der Waals surface area contributed by atoms with Crippen LogP contribution in [0.15, 0.2) is 24.3 Å². The average Bonchev–Trinajstić information content (AvgIpc) is 2.98. The Kier molecular flexibility index (Phi) is 5.75. The van der Waals surface area contributed by atoms with E-state index in [2.05, 4.69) is 44.1 Å². The van der Waals surface area contributed by atoms with Crippen molar-refractivity contribution >= 4 is 0 Å². The van der Waals surface area contributed by atoms with Crippen molar-refractivity contribution in [2.45, 2.75) is 46.5 Å². The van der Waals surface area contributed by atoms with Gasteiger partial charge in [0.1, 0.15) is 11.8 Å². The van der Waals surface area contributed by atoms with E-state index < -0.39 is 0 Å². The van der Waals surface area contributed by atoms with Gasteiger partial charge < -0.3 is 4.74 Å². The first-order chi connectivity index (χ1) is 11.1. The Morgan fingerprint density at radius 3 is 2.35 bits per heavy atom. The topological polar surface area (TPSA) is 63.7 Å². The summed E-state index contributed by atoms with van der Waals surface area (Å²) < 4.78 is 7.49. The number of nitrogens with zero attached hydrogens (tertiary/aromatic N) is 4. The largest absolute Gasteiger partial charge is 0.493 e. The standard InChI is InChI=1S/C18H24N4O/c1-5-14(6-2)18-17(11-19)20-21-22(18)15-7-9-16(10-8-15)23-12-13(3)4/h7-10,13-14H,5-6,12H2,1-4H3. The second kappa shape index (κ2) is 7.77. The van der Waals surface area contributed by atoms with E-state index in [0.29, 0.717) is 18.2 Å². The fourth-order valence-electron chi connectivity index (χ4n) is 2.55. The van der Waals surface area contributed by atoms with Gasteiger partial charge in [0.05, 0.1) is 18.0 Å². The summed E-state index contributed by atoms with van der Waals surface area (Å²) in [7, 11) is 0. The Hall–Kier alpha value is -2.35. The Balaban J connectivity index is 2.32. The summed E-state index contributed by atoms with van der Waals surface area (Å²) in [5.41, 5.74) is 2.21. The number of hydrogen-bond acceptors (Lipinski definition) is 4. The minimum atomic E-state index is 0.275. The molecule has 0 aliphatic rings. The van der Waals surface area contributed by atoms with Crippen LogP contribution in [0.5, 0.6) is 5.75 Å². The van der Waals surface area contributed by atoms with Crippen LogP contribution in [0, 0.1) is 17.2 Å². The van der Waals surface area contributed by atoms with Crippen molar-refractivity contribution in [3.63, 3.8) is 0 Å². The van der Waals surface area contributed by atoms with Crippen LogP contribution in [0.1, 0.15) is 57.8 Å². The summed E-state index contributed by atoms with van der Waals surface area (Å²) in [5, 5.41) is 17.5. The first-order valence-corrected chi connectivity index (χ1v) is 8.19. The zero-order valence-electron chi connectivity index (χ0n) is 14.3. The molecule has 5 heteroatoms. The van der Waals surface area contributed by atoms with Crippen molar-refractivity contribution < 1.29 is 4.74 Å². The number of nitriles is 1. The molecule has 2 rings (SSSR count). The van der Waals surface area contributed by atoms with E-state index in [-0.39, 0.29) is 5.92 Å². The van der Waals surface area contributed by atoms with Crippen LogP contribution < -0.4 is 4.74 Å². The summed E-state index contributed by atoms with van der Waals surface area (Å²) in [6.45, 7) is 9.18. The average molecular weight is 312 g/mol. The highest BCUT2D eigenvalue weighted by Gasteiger charge is 2.21. The van der Waals surface area contributed by atoms with Gasteiger partial charge in [0, 0.05) is 5.92 Å². The van der Waals surface area contributed by atoms with Gasteiger partial charge in [-0.05, 0) is 43.0 Å². The monoisotopic (exact) mass is 312 g/mol. The third kappa shape index (κ3) is 3.89. The maximum Gasteiger partial charge on any atom is 0.186 e. The van der Waals surface area contributed by atoms with Crippen molar-refractivity contribution in [2.24, 2.45) is 5.92 Å². The van der Waals surface area contributed by atoms with Crippen molar-refractivity contribution in [1.29, 1.82) is 5.26 Å². The first-order valence-electron chi connectivity index (χ1n) is 8.19. The highest BCUT2D eigenvalue weighted by atomic mass is 16.5. The molecule has 1 aromatic heterocycles. The second-order valence-electron chi connectivity index (χ2n) is 6.06. The number of benzene rings is 1. The lowest BCUT2D eigenvalue weighted by Gasteiger charge is -2.15. The Morgan fingerprint density at radius 2 is 1.83 bits per heavy atom. The molecule has 0 radical (unpaired) electrons. The zero-order chi connectivity index (χ0) is 16.8. The molecule has 0 saturated heterocycles. The molecule has 1 aromatic carbocycles. The van der Waals surface area contributed by atoms with Gasteiger partial charge in [-0.25, -0.2) is 4.68 Å². The van der Waals surface area contributed by atoms with Crippen LogP contribution in [-0.4, -0.2) is 21.6 Å². The lowest BCUT2D eigenvalue weighted by atomic mass is 9.97. The van der Waals surface area contributed by atoms with E-state index in [1.165, 1.54) is 0 Å². The molecule has 0 N–H and O–H groups in total. The fraction of sp³-hybridized carbons (Fsp3) is 0.500. The number of aromatic nitrogens is 3. The first kappa shape index (κ1) is 17.0. The molecule has 0 saturated carbocycles. The van der Waals surface area contributed by atoms with Gasteiger partial charge in [-0.3, -0.25) is 0 Å². The molecule has 0 aliphatic carbocycles. The SMILES string of the molecule is CCC(CC)c1c(C#N)nnn1-c1ccc(OCC(C)C)cc1. The molecule has 0 bridgehead atoms. The van der Waals surface area contributed by atoms with Gasteiger partial charge in [-0.2, -0.15) is 5.26 Å². The molecule has 0 aliphatic heterocycles. The van der Waals surface area contributed by atoms with E-state index in [9.17, 15) is 5.26 Å². The quantitative estimate of drug-likeness (QED) is 0.773. The Morgan fingerprint density at radius 1 is 1.17 bits per heavy atom. The molecule has 0 unspecified atom stereocenters. The number of hydrogen-bond donors (Lipinski definition) is 0. The molecule has 2 aromatic rings. The summed E-state index contributed by atoms with van der Waals surface area (Å²) >= 11 is 0. The normalized spacial score (nSPS) is 11.0. The minimum absolute atomic E-state index is 0.275. The molecular weight excluding hydrogens is 288 g/mol. The lowest BCUT2D eigenvalue weighted by Crippen LogP contribution is -2.08. The van der Waals surface area contributed by atoms with Crippen molar-refractivity contribution in [1.82, 2.24) is 15.0 Å². The molecule has 1 heterocycles. The van der Waals surface area contributed by atoms with Crippen molar-refractivity contribution in [3.8, 4) is 17.5 Å². The van der Waals surface area contributed by atoms with Crippen molar-refractivity contribution in [2.75, 3.05) is 6.61 Å². The lowest BCUT2D eigenvalue weighted by molar-refractivity contribution is 0.271. The van der Waals surface area contributed by atoms with E-state index in [0.717, 1.165) is 30.0 Å². The van der Waals surface area contributed by atoms with Crippen LogP contribution in [0.25, 0.3) is 5.69 Å². The van der Waals surface area contributed by atoms with Gasteiger partial charge in [0.2, 0.25) is 0 Å². The summed E-state index contributed by atoms with van der Waals surface area (Å²) in [6.07, 6.45) is 1.91. The molecule has 0 atom stereocenters. The summed E-state index contributed by atoms with van der Waals surface area (Å²) in [5.74, 6) is 1.60. The van der Waals surface area contributed by atoms with Crippen LogP contribution in [0.3, 0.4) is 0 Å². The van der Waals surface area contributed by atoms with Crippen LogP contribution in [0.2, 0.25) is 0 Å². The maximum absolute atomic E-state index is 9.30. The van der Waals surface area contributed by atoms with Crippen molar-refractivity contribution in [3.05, 3.63) is 35.7 Å². The molecule has 0 spiro atoms. The Bertz CT molecular complexity index is 663. The van der Waals surface area contributed by atoms with Crippen LogP contribution in [0.4, 0.5) is 0 Å². The highest BCUT2D eigenvalue weighted by Crippen LogP contribution is 2.27. The van der Waals surface area contributed by atoms with Gasteiger partial charge in [-0.15, -0.1) is 5.10 Å². The van der Waals surface area contributed by atoms with Gasteiger partial charge in [-0.1, -0.05) is 32.9 Å². The molecule has 0 fully saturated rings. The van der Waals surface area contributed by atoms with Crippen LogP contribution >= 0.6 is 0 Å². The maximum atomic E-state index is 9.30. The van der Waals surface area contributed by atoms with Gasteiger partial charge in [0.25, 0.3) is 0 Å². The molecule has 0 amide bonds. The van der Waals surface area contributed by atoms with E-state index in [1.807, 2.05) is 24.3 Å². The van der Waals surface area contributed by atoms with Gasteiger partial charge >= 0.3 is 0 Å². The molecule has 122 valence electrons. The number of rotatable bonds is 7. The van der Waals surface area contributed by atoms with Gasteiger partial charge in [0.15, 0.2) is 5.69 Å². The predicted octanol–water partition coefficient (Wildman–Crippen LogP) is 4.08. The predicted molar refractivity (Wildman–Crippen MR) is 89.7 cm³/mol. The molecular formula is C18H24N4O.